The maximum absolute atomic E-state index is 12.3. The predicted molar refractivity (Wildman–Crippen MR) is 77.9 cm³/mol. The second-order valence-electron chi connectivity index (χ2n) is 5.59. The molecule has 0 unspecified atom stereocenters. The van der Waals surface area contributed by atoms with E-state index in [-0.39, 0.29) is 11.5 Å². The van der Waals surface area contributed by atoms with Gasteiger partial charge in [-0.15, -0.1) is 0 Å². The lowest BCUT2D eigenvalue weighted by atomic mass is 9.85. The highest BCUT2D eigenvalue weighted by molar-refractivity contribution is 5.75. The summed E-state index contributed by atoms with van der Waals surface area (Å²) in [6, 6.07) is 9.68. The summed E-state index contributed by atoms with van der Waals surface area (Å²) < 4.78 is 1.09. The van der Waals surface area contributed by atoms with Crippen molar-refractivity contribution in [1.29, 1.82) is 0 Å². The molecule has 0 amide bonds. The molecule has 0 aliphatic carbocycles. The zero-order valence-electron chi connectivity index (χ0n) is 11.8. The van der Waals surface area contributed by atoms with E-state index in [0.29, 0.717) is 0 Å². The zero-order valence-corrected chi connectivity index (χ0v) is 11.8. The van der Waals surface area contributed by atoms with Crippen LogP contribution >= 0.6 is 0 Å². The van der Waals surface area contributed by atoms with Crippen LogP contribution in [0.25, 0.3) is 0 Å². The fourth-order valence-corrected chi connectivity index (χ4v) is 1.88. The van der Waals surface area contributed by atoms with Gasteiger partial charge in [0.2, 0.25) is 0 Å². The summed E-state index contributed by atoms with van der Waals surface area (Å²) in [7, 11) is 0. The summed E-state index contributed by atoms with van der Waals surface area (Å²) in [4.78, 5) is 0. The fraction of sp³-hybridized carbons (Fsp3) is 0.438. The first-order chi connectivity index (χ1) is 8.45. The number of benzene rings is 1. The number of hydroxylamine groups is 1. The lowest BCUT2D eigenvalue weighted by Gasteiger charge is -2.28. The maximum Gasteiger partial charge on any atom is 0.182 e. The highest BCUT2D eigenvalue weighted by atomic mass is 16.5. The average Bonchev–Trinajstić information content (AvgIpc) is 2.29. The largest absolute Gasteiger partial charge is 0.624 e. The van der Waals surface area contributed by atoms with Gasteiger partial charge >= 0.3 is 0 Å². The minimum Gasteiger partial charge on any atom is -0.624 e. The highest BCUT2D eigenvalue weighted by Crippen LogP contribution is 2.24. The zero-order chi connectivity index (χ0) is 13.6. The van der Waals surface area contributed by atoms with E-state index in [0.717, 1.165) is 16.7 Å². The standard InChI is InChI=1S/C16H23NO/c1-5-6-12-15(16(2,3)4)17(18)13-14-10-8-7-9-11-14/h5-11,13,15H,12H2,1-4H3/b6-5+,17-13-/t15-/m1/s1. The highest BCUT2D eigenvalue weighted by Gasteiger charge is 2.30. The molecule has 2 nitrogen and oxygen atoms in total. The Kier molecular flexibility index (Phi) is 5.14. The summed E-state index contributed by atoms with van der Waals surface area (Å²) >= 11 is 0. The van der Waals surface area contributed by atoms with Crippen LogP contribution in [0.1, 0.15) is 39.7 Å². The van der Waals surface area contributed by atoms with Crippen LogP contribution in [0.4, 0.5) is 0 Å². The van der Waals surface area contributed by atoms with Crippen molar-refractivity contribution >= 4 is 6.21 Å². The molecule has 0 spiro atoms. The molecule has 0 bridgehead atoms. The molecular weight excluding hydrogens is 222 g/mol. The van der Waals surface area contributed by atoms with Crippen LogP contribution in [-0.4, -0.2) is 17.0 Å². The molecule has 0 heterocycles. The van der Waals surface area contributed by atoms with E-state index in [1.807, 2.05) is 43.3 Å². The molecule has 1 aromatic rings. The van der Waals surface area contributed by atoms with Gasteiger partial charge in [-0.2, -0.15) is 0 Å². The second-order valence-corrected chi connectivity index (χ2v) is 5.59. The summed E-state index contributed by atoms with van der Waals surface area (Å²) in [5.41, 5.74) is 0.897. The predicted octanol–water partition coefficient (Wildman–Crippen LogP) is 4.00. The van der Waals surface area contributed by atoms with Gasteiger partial charge in [0.1, 0.15) is 0 Å². The Hall–Kier alpha value is -1.57. The fourth-order valence-electron chi connectivity index (χ4n) is 1.88. The number of allylic oxidation sites excluding steroid dienone is 1. The van der Waals surface area contributed by atoms with Crippen LogP contribution in [-0.2, 0) is 0 Å². The van der Waals surface area contributed by atoms with Gasteiger partial charge in [-0.25, -0.2) is 4.74 Å². The number of hydrogen-bond acceptors (Lipinski definition) is 1. The molecule has 0 aliphatic rings. The van der Waals surface area contributed by atoms with E-state index >= 15 is 0 Å². The summed E-state index contributed by atoms with van der Waals surface area (Å²) in [6.07, 6.45) is 6.50. The Morgan fingerprint density at radius 2 is 1.83 bits per heavy atom. The molecule has 1 aromatic carbocycles. The third kappa shape index (κ3) is 4.36. The molecule has 0 aromatic heterocycles. The van der Waals surface area contributed by atoms with E-state index in [2.05, 4.69) is 26.8 Å². The van der Waals surface area contributed by atoms with Crippen molar-refractivity contribution < 1.29 is 4.74 Å². The van der Waals surface area contributed by atoms with Crippen molar-refractivity contribution in [3.8, 4) is 0 Å². The first kappa shape index (κ1) is 14.5. The minimum absolute atomic E-state index is 0.0473. The Morgan fingerprint density at radius 1 is 1.22 bits per heavy atom. The molecule has 18 heavy (non-hydrogen) atoms. The summed E-state index contributed by atoms with van der Waals surface area (Å²) in [6.45, 7) is 8.29. The van der Waals surface area contributed by atoms with Gasteiger partial charge in [-0.1, -0.05) is 51.1 Å². The van der Waals surface area contributed by atoms with Crippen LogP contribution < -0.4 is 0 Å². The Balaban J connectivity index is 2.95. The Bertz CT molecular complexity index is 412. The number of rotatable bonds is 4. The van der Waals surface area contributed by atoms with Crippen LogP contribution in [0, 0.1) is 10.6 Å². The van der Waals surface area contributed by atoms with Crippen molar-refractivity contribution in [2.24, 2.45) is 5.41 Å². The Morgan fingerprint density at radius 3 is 2.33 bits per heavy atom. The molecule has 0 saturated carbocycles. The monoisotopic (exact) mass is 245 g/mol. The summed E-state index contributed by atoms with van der Waals surface area (Å²) in [5, 5.41) is 12.3. The first-order valence-corrected chi connectivity index (χ1v) is 6.41. The van der Waals surface area contributed by atoms with Crippen LogP contribution in [0.3, 0.4) is 0 Å². The molecule has 0 radical (unpaired) electrons. The molecule has 0 fully saturated rings. The summed E-state index contributed by atoms with van der Waals surface area (Å²) in [5.74, 6) is 0. The second kappa shape index (κ2) is 6.39. The third-order valence-corrected chi connectivity index (χ3v) is 2.98. The van der Waals surface area contributed by atoms with E-state index in [1.165, 1.54) is 0 Å². The van der Waals surface area contributed by atoms with E-state index < -0.39 is 0 Å². The van der Waals surface area contributed by atoms with E-state index in [1.54, 1.807) is 6.21 Å². The lowest BCUT2D eigenvalue weighted by molar-refractivity contribution is -0.514. The smallest absolute Gasteiger partial charge is 0.182 e. The molecule has 0 N–H and O–H groups in total. The van der Waals surface area contributed by atoms with Gasteiger partial charge in [0.05, 0.1) is 0 Å². The minimum atomic E-state index is -0.0491. The van der Waals surface area contributed by atoms with Gasteiger partial charge in [0, 0.05) is 17.4 Å². The van der Waals surface area contributed by atoms with Crippen molar-refractivity contribution in [3.63, 3.8) is 0 Å². The van der Waals surface area contributed by atoms with Crippen molar-refractivity contribution in [2.75, 3.05) is 0 Å². The number of hydrogen-bond donors (Lipinski definition) is 0. The van der Waals surface area contributed by atoms with Crippen LogP contribution in [0.15, 0.2) is 42.5 Å². The van der Waals surface area contributed by atoms with Crippen LogP contribution in [0.5, 0.6) is 0 Å². The van der Waals surface area contributed by atoms with Crippen molar-refractivity contribution in [3.05, 3.63) is 53.3 Å². The molecule has 1 atom stereocenters. The first-order valence-electron chi connectivity index (χ1n) is 6.41. The molecular formula is C16H23NO. The van der Waals surface area contributed by atoms with Gasteiger partial charge in [-0.3, -0.25) is 0 Å². The molecule has 98 valence electrons. The quantitative estimate of drug-likeness (QED) is 0.259. The average molecular weight is 245 g/mol. The van der Waals surface area contributed by atoms with Crippen LogP contribution in [0.2, 0.25) is 0 Å². The van der Waals surface area contributed by atoms with Crippen molar-refractivity contribution in [1.82, 2.24) is 0 Å². The molecule has 0 saturated heterocycles. The number of nitrogens with zero attached hydrogens (tertiary/aromatic N) is 1. The third-order valence-electron chi connectivity index (χ3n) is 2.98. The maximum atomic E-state index is 12.3. The SMILES string of the molecule is C/C=C/C[C@@H](/[N+]([O-])=C/c1ccccc1)C(C)(C)C. The van der Waals surface area contributed by atoms with Gasteiger partial charge in [0.25, 0.3) is 0 Å². The normalized spacial score (nSPS) is 15.0. The van der Waals surface area contributed by atoms with Gasteiger partial charge in [0.15, 0.2) is 12.3 Å². The lowest BCUT2D eigenvalue weighted by Crippen LogP contribution is -2.35. The van der Waals surface area contributed by atoms with Gasteiger partial charge in [-0.05, 0) is 19.1 Å². The van der Waals surface area contributed by atoms with E-state index in [9.17, 15) is 5.21 Å². The molecule has 2 heteroatoms. The topological polar surface area (TPSA) is 26.1 Å². The van der Waals surface area contributed by atoms with E-state index in [4.69, 9.17) is 0 Å². The van der Waals surface area contributed by atoms with Gasteiger partial charge < -0.3 is 5.21 Å². The molecule has 0 aliphatic heterocycles. The molecule has 1 rings (SSSR count). The Labute approximate surface area is 110 Å². The van der Waals surface area contributed by atoms with Crippen molar-refractivity contribution in [2.45, 2.75) is 40.2 Å².